The van der Waals surface area contributed by atoms with Crippen molar-refractivity contribution in [3.05, 3.63) is 64.1 Å². The molecule has 138 valence electrons. The lowest BCUT2D eigenvalue weighted by molar-refractivity contribution is -0.122. The third-order valence-corrected chi connectivity index (χ3v) is 5.19. The van der Waals surface area contributed by atoms with Crippen molar-refractivity contribution in [2.24, 2.45) is 11.8 Å². The highest BCUT2D eigenvalue weighted by atomic mass is 35.5. The summed E-state index contributed by atoms with van der Waals surface area (Å²) in [7, 11) is 0. The Morgan fingerprint density at radius 1 is 1.04 bits per heavy atom. The van der Waals surface area contributed by atoms with Crippen LogP contribution in [0.4, 0.5) is 5.69 Å². The number of amides is 1. The van der Waals surface area contributed by atoms with Crippen LogP contribution in [0.5, 0.6) is 0 Å². The van der Waals surface area contributed by atoms with Crippen LogP contribution in [0.3, 0.4) is 0 Å². The Labute approximate surface area is 165 Å². The van der Waals surface area contributed by atoms with Gasteiger partial charge in [-0.3, -0.25) is 9.69 Å². The average Bonchev–Trinajstić information content (AvgIpc) is 2.54. The van der Waals surface area contributed by atoms with E-state index < -0.39 is 0 Å². The van der Waals surface area contributed by atoms with E-state index in [1.807, 2.05) is 30.3 Å². The molecule has 2 aromatic carbocycles. The number of anilines is 1. The summed E-state index contributed by atoms with van der Waals surface area (Å²) < 4.78 is 0. The number of nitrogens with one attached hydrogen (secondary N) is 1. The van der Waals surface area contributed by atoms with E-state index in [0.29, 0.717) is 27.6 Å². The summed E-state index contributed by atoms with van der Waals surface area (Å²) in [5.74, 6) is 1.08. The molecule has 0 spiro atoms. The number of carbonyl (C=O) groups is 1. The molecule has 1 saturated heterocycles. The van der Waals surface area contributed by atoms with E-state index in [1.165, 1.54) is 6.42 Å². The van der Waals surface area contributed by atoms with Crippen LogP contribution in [0.2, 0.25) is 10.0 Å². The van der Waals surface area contributed by atoms with Crippen molar-refractivity contribution < 1.29 is 4.79 Å². The van der Waals surface area contributed by atoms with Gasteiger partial charge < -0.3 is 5.32 Å². The summed E-state index contributed by atoms with van der Waals surface area (Å²) in [5, 5.41) is 4.01. The van der Waals surface area contributed by atoms with E-state index >= 15 is 0 Å². The normalized spacial score (nSPS) is 22.0. The number of halogens is 2. The van der Waals surface area contributed by atoms with Crippen molar-refractivity contribution in [2.45, 2.75) is 26.3 Å². The molecule has 1 aliphatic heterocycles. The number of rotatable bonds is 4. The summed E-state index contributed by atoms with van der Waals surface area (Å²) >= 11 is 12.1. The van der Waals surface area contributed by atoms with Crippen LogP contribution in [0.15, 0.2) is 48.5 Å². The monoisotopic (exact) mass is 390 g/mol. The zero-order chi connectivity index (χ0) is 18.7. The van der Waals surface area contributed by atoms with Crippen LogP contribution in [0.1, 0.15) is 31.9 Å². The van der Waals surface area contributed by atoms with Crippen molar-refractivity contribution >= 4 is 34.8 Å². The lowest BCUT2D eigenvalue weighted by Gasteiger charge is -2.39. The van der Waals surface area contributed by atoms with Crippen LogP contribution in [-0.2, 0) is 4.79 Å². The van der Waals surface area contributed by atoms with Gasteiger partial charge in [0.2, 0.25) is 5.91 Å². The number of benzene rings is 2. The van der Waals surface area contributed by atoms with Gasteiger partial charge in [0.1, 0.15) is 6.04 Å². The Morgan fingerprint density at radius 3 is 2.19 bits per heavy atom. The molecule has 1 aliphatic rings. The number of carbonyl (C=O) groups excluding carboxylic acids is 1. The average molecular weight is 391 g/mol. The second-order valence-electron chi connectivity index (χ2n) is 7.36. The van der Waals surface area contributed by atoms with Gasteiger partial charge in [0.15, 0.2) is 0 Å². The molecule has 2 aromatic rings. The van der Waals surface area contributed by atoms with E-state index in [0.717, 1.165) is 18.7 Å². The molecule has 0 radical (unpaired) electrons. The van der Waals surface area contributed by atoms with Crippen molar-refractivity contribution in [1.82, 2.24) is 4.90 Å². The third kappa shape index (κ3) is 4.79. The Kier molecular flexibility index (Phi) is 6.23. The first-order chi connectivity index (χ1) is 12.4. The van der Waals surface area contributed by atoms with Gasteiger partial charge in [0, 0.05) is 28.8 Å². The van der Waals surface area contributed by atoms with Crippen molar-refractivity contribution in [2.75, 3.05) is 18.4 Å². The quantitative estimate of drug-likeness (QED) is 0.730. The van der Waals surface area contributed by atoms with Gasteiger partial charge in [0.05, 0.1) is 0 Å². The molecular formula is C21H24Cl2N2O. The van der Waals surface area contributed by atoms with E-state index in [2.05, 4.69) is 24.1 Å². The first kappa shape index (κ1) is 19.2. The Bertz CT molecular complexity index is 736. The molecule has 1 amide bonds. The number of likely N-dealkylation sites (tertiary alicyclic amines) is 1. The fraction of sp³-hybridized carbons (Fsp3) is 0.381. The topological polar surface area (TPSA) is 32.3 Å². The van der Waals surface area contributed by atoms with Crippen LogP contribution in [0.25, 0.3) is 0 Å². The summed E-state index contributed by atoms with van der Waals surface area (Å²) in [6.45, 7) is 6.32. The Hall–Kier alpha value is -1.55. The lowest BCUT2D eigenvalue weighted by atomic mass is 9.89. The minimum Gasteiger partial charge on any atom is -0.324 e. The standard InChI is InChI=1S/C21H24Cl2N2O/c1-14-8-15(2)13-25(12-14)20(16-6-4-3-5-7-16)21(26)24-19-10-17(22)9-18(23)11-19/h3-7,9-11,14-15,20H,8,12-13H2,1-2H3,(H,24,26)/t14-,15+,20-/m0/s1. The lowest BCUT2D eigenvalue weighted by Crippen LogP contribution is -2.45. The highest BCUT2D eigenvalue weighted by molar-refractivity contribution is 6.35. The van der Waals surface area contributed by atoms with E-state index in [1.54, 1.807) is 18.2 Å². The molecular weight excluding hydrogens is 367 g/mol. The van der Waals surface area contributed by atoms with Crippen molar-refractivity contribution in [3.8, 4) is 0 Å². The highest BCUT2D eigenvalue weighted by Gasteiger charge is 2.32. The highest BCUT2D eigenvalue weighted by Crippen LogP contribution is 2.31. The van der Waals surface area contributed by atoms with Crippen LogP contribution < -0.4 is 5.32 Å². The van der Waals surface area contributed by atoms with E-state index in [9.17, 15) is 4.79 Å². The van der Waals surface area contributed by atoms with Crippen LogP contribution in [-0.4, -0.2) is 23.9 Å². The van der Waals surface area contributed by atoms with Crippen LogP contribution >= 0.6 is 23.2 Å². The van der Waals surface area contributed by atoms with Gasteiger partial charge in [-0.15, -0.1) is 0 Å². The van der Waals surface area contributed by atoms with Gasteiger partial charge in [-0.1, -0.05) is 67.4 Å². The van der Waals surface area contributed by atoms with Gasteiger partial charge in [0.25, 0.3) is 0 Å². The molecule has 0 aromatic heterocycles. The number of hydrogen-bond acceptors (Lipinski definition) is 2. The van der Waals surface area contributed by atoms with Gasteiger partial charge in [-0.2, -0.15) is 0 Å². The summed E-state index contributed by atoms with van der Waals surface area (Å²) in [6, 6.07) is 14.7. The second-order valence-corrected chi connectivity index (χ2v) is 8.23. The number of nitrogens with zero attached hydrogens (tertiary/aromatic N) is 1. The molecule has 0 aliphatic carbocycles. The van der Waals surface area contributed by atoms with Gasteiger partial charge in [-0.25, -0.2) is 0 Å². The van der Waals surface area contributed by atoms with Gasteiger partial charge >= 0.3 is 0 Å². The van der Waals surface area contributed by atoms with Gasteiger partial charge in [-0.05, 0) is 42.0 Å². The fourth-order valence-electron chi connectivity index (χ4n) is 3.92. The van der Waals surface area contributed by atoms with Crippen molar-refractivity contribution in [3.63, 3.8) is 0 Å². The van der Waals surface area contributed by atoms with Crippen molar-refractivity contribution in [1.29, 1.82) is 0 Å². The SMILES string of the molecule is C[C@@H]1C[C@H](C)CN([C@H](C(=O)Nc2cc(Cl)cc(Cl)c2)c2ccccc2)C1. The first-order valence-electron chi connectivity index (χ1n) is 8.98. The minimum absolute atomic E-state index is 0.0594. The molecule has 1 fully saturated rings. The maximum absolute atomic E-state index is 13.2. The summed E-state index contributed by atoms with van der Waals surface area (Å²) in [4.78, 5) is 15.5. The molecule has 0 unspecified atom stereocenters. The number of hydrogen-bond donors (Lipinski definition) is 1. The maximum atomic E-state index is 13.2. The summed E-state index contributed by atoms with van der Waals surface area (Å²) in [6.07, 6.45) is 1.20. The molecule has 0 bridgehead atoms. The minimum atomic E-state index is -0.334. The molecule has 0 saturated carbocycles. The predicted octanol–water partition coefficient (Wildman–Crippen LogP) is 5.65. The second kappa shape index (κ2) is 8.43. The van der Waals surface area contributed by atoms with Crippen LogP contribution in [0, 0.1) is 11.8 Å². The summed E-state index contributed by atoms with van der Waals surface area (Å²) in [5.41, 5.74) is 1.62. The van der Waals surface area contributed by atoms with E-state index in [4.69, 9.17) is 23.2 Å². The molecule has 1 heterocycles. The fourth-order valence-corrected chi connectivity index (χ4v) is 4.45. The molecule has 3 rings (SSSR count). The largest absolute Gasteiger partial charge is 0.324 e. The first-order valence-corrected chi connectivity index (χ1v) is 9.74. The molecule has 5 heteroatoms. The third-order valence-electron chi connectivity index (χ3n) is 4.76. The molecule has 3 nitrogen and oxygen atoms in total. The Balaban J connectivity index is 1.88. The zero-order valence-corrected chi connectivity index (χ0v) is 16.6. The molecule has 26 heavy (non-hydrogen) atoms. The molecule has 3 atom stereocenters. The maximum Gasteiger partial charge on any atom is 0.246 e. The Morgan fingerprint density at radius 2 is 1.62 bits per heavy atom. The number of piperidine rings is 1. The zero-order valence-electron chi connectivity index (χ0n) is 15.1. The van der Waals surface area contributed by atoms with E-state index in [-0.39, 0.29) is 11.9 Å². The molecule has 1 N–H and O–H groups in total. The smallest absolute Gasteiger partial charge is 0.246 e. The predicted molar refractivity (Wildman–Crippen MR) is 109 cm³/mol.